The summed E-state index contributed by atoms with van der Waals surface area (Å²) in [5.41, 5.74) is 15.6. The summed E-state index contributed by atoms with van der Waals surface area (Å²) in [7, 11) is 0. The highest BCUT2D eigenvalue weighted by Crippen LogP contribution is 2.39. The number of ether oxygens (including phenoxy) is 1. The number of pyridine rings is 1. The fraction of sp³-hybridized carbons (Fsp3) is 0.0690. The predicted octanol–water partition coefficient (Wildman–Crippen LogP) is 14.4. The molecule has 0 saturated heterocycles. The lowest BCUT2D eigenvalue weighted by molar-refractivity contribution is -0.571. The van der Waals surface area contributed by atoms with Crippen molar-refractivity contribution in [2.45, 2.75) is 26.7 Å². The average Bonchev–Trinajstić information content (AvgIpc) is 3.88. The first-order chi connectivity index (χ1) is 31.0. The van der Waals surface area contributed by atoms with Crippen LogP contribution in [0, 0.1) is 13.3 Å². The van der Waals surface area contributed by atoms with Crippen LogP contribution in [0.15, 0.2) is 206 Å². The second kappa shape index (κ2) is 15.8. The highest BCUT2D eigenvalue weighted by molar-refractivity contribution is 6.10. The molecule has 0 aliphatic rings. The molecule has 0 aliphatic carbocycles. The first-order valence-corrected chi connectivity index (χ1v) is 21.6. The van der Waals surface area contributed by atoms with Crippen molar-refractivity contribution < 1.29 is 9.30 Å². The van der Waals surface area contributed by atoms with Gasteiger partial charge in [0.2, 0.25) is 0 Å². The van der Waals surface area contributed by atoms with Crippen LogP contribution in [0.1, 0.15) is 30.9 Å². The van der Waals surface area contributed by atoms with Crippen molar-refractivity contribution in [2.75, 3.05) is 0 Å². The molecule has 0 amide bonds. The summed E-state index contributed by atoms with van der Waals surface area (Å²) in [6, 6.07) is 70.6. The van der Waals surface area contributed by atoms with Crippen molar-refractivity contribution in [1.29, 1.82) is 0 Å². The van der Waals surface area contributed by atoms with E-state index in [1.54, 1.807) is 0 Å². The largest absolute Gasteiger partial charge is 0.458 e. The number of fused-ring (bicyclic) bond motifs is 4. The molecule has 302 valence electrons. The van der Waals surface area contributed by atoms with E-state index in [1.807, 2.05) is 12.3 Å². The van der Waals surface area contributed by atoms with Gasteiger partial charge in [0, 0.05) is 23.0 Å². The molecule has 0 radical (unpaired) electrons. The number of nitrogens with zero attached hydrogens (tertiary/aromatic N) is 4. The van der Waals surface area contributed by atoms with Crippen molar-refractivity contribution in [3.8, 4) is 62.1 Å². The fourth-order valence-corrected chi connectivity index (χ4v) is 9.02. The van der Waals surface area contributed by atoms with Crippen LogP contribution in [0.25, 0.3) is 83.4 Å². The molecule has 0 fully saturated rings. The Morgan fingerprint density at radius 1 is 0.524 bits per heavy atom. The summed E-state index contributed by atoms with van der Waals surface area (Å²) in [6.45, 7) is 6.62. The number of imidazole rings is 1. The second-order valence-corrected chi connectivity index (χ2v) is 16.5. The maximum atomic E-state index is 6.80. The standard InChI is InChI=1S/C58H44N4O/c1-39(2)44-32-33-59-56(35-44)62-53-31-28-45(41-17-7-4-8-18-41)34-52(53)51-30-29-48(37-55(51)62)63-47-24-14-23-46(36-47)60-38-61(57-40(3)16-13-27-54(57)60)58-49(42-19-9-5-10-20-42)25-15-26-50(58)43-21-11-6-12-22-43/h4-37,39H,1-3H3. The Balaban J connectivity index is 1.04. The number of hydrogen-bond acceptors (Lipinski definition) is 2. The Labute approximate surface area is 367 Å². The van der Waals surface area contributed by atoms with Crippen LogP contribution in [0.4, 0.5) is 0 Å². The number of hydrogen-bond donors (Lipinski definition) is 0. The summed E-state index contributed by atoms with van der Waals surface area (Å²) in [5, 5.41) is 2.30. The minimum Gasteiger partial charge on any atom is -0.458 e. The Kier molecular flexibility index (Phi) is 9.51. The molecular formula is C58H44N4O. The van der Waals surface area contributed by atoms with E-state index < -0.39 is 0 Å². The van der Waals surface area contributed by atoms with Gasteiger partial charge in [-0.2, -0.15) is 0 Å². The quantitative estimate of drug-likeness (QED) is 0.107. The van der Waals surface area contributed by atoms with E-state index in [2.05, 4.69) is 235 Å². The van der Waals surface area contributed by atoms with Crippen molar-refractivity contribution >= 4 is 32.8 Å². The molecule has 3 heterocycles. The predicted molar refractivity (Wildman–Crippen MR) is 257 cm³/mol. The molecule has 11 rings (SSSR count). The van der Waals surface area contributed by atoms with Gasteiger partial charge in [0.15, 0.2) is 0 Å². The number of aromatic nitrogens is 4. The minimum absolute atomic E-state index is 0.369. The zero-order chi connectivity index (χ0) is 42.4. The van der Waals surface area contributed by atoms with Gasteiger partial charge in [-0.1, -0.05) is 153 Å². The molecule has 63 heavy (non-hydrogen) atoms. The Bertz CT molecular complexity index is 3400. The molecular weight excluding hydrogens is 769 g/mol. The molecule has 3 aromatic heterocycles. The van der Waals surface area contributed by atoms with Gasteiger partial charge in [0.25, 0.3) is 6.33 Å². The van der Waals surface area contributed by atoms with Gasteiger partial charge < -0.3 is 4.74 Å². The Morgan fingerprint density at radius 3 is 1.90 bits per heavy atom. The molecule has 8 aromatic carbocycles. The van der Waals surface area contributed by atoms with Crippen molar-refractivity contribution in [2.24, 2.45) is 0 Å². The number of para-hydroxylation sites is 2. The van der Waals surface area contributed by atoms with E-state index in [1.165, 1.54) is 22.1 Å². The van der Waals surface area contributed by atoms with Gasteiger partial charge in [-0.15, -0.1) is 0 Å². The van der Waals surface area contributed by atoms with Gasteiger partial charge >= 0.3 is 0 Å². The van der Waals surface area contributed by atoms with E-state index in [9.17, 15) is 0 Å². The van der Waals surface area contributed by atoms with Crippen LogP contribution in [0.2, 0.25) is 0 Å². The van der Waals surface area contributed by atoms with Crippen LogP contribution in [0.3, 0.4) is 0 Å². The van der Waals surface area contributed by atoms with E-state index in [-0.39, 0.29) is 0 Å². The third-order valence-corrected chi connectivity index (χ3v) is 12.1. The first-order valence-electron chi connectivity index (χ1n) is 21.6. The molecule has 0 atom stereocenters. The molecule has 5 heteroatoms. The molecule has 0 unspecified atom stereocenters. The van der Waals surface area contributed by atoms with E-state index in [0.29, 0.717) is 5.92 Å². The lowest BCUT2D eigenvalue weighted by Gasteiger charge is -2.17. The molecule has 5 nitrogen and oxygen atoms in total. The topological polar surface area (TPSA) is 35.9 Å². The lowest BCUT2D eigenvalue weighted by atomic mass is 9.95. The van der Waals surface area contributed by atoms with Gasteiger partial charge in [-0.05, 0) is 112 Å². The Morgan fingerprint density at radius 2 is 1.19 bits per heavy atom. The summed E-state index contributed by atoms with van der Waals surface area (Å²) in [4.78, 5) is 4.92. The van der Waals surface area contributed by atoms with E-state index >= 15 is 0 Å². The van der Waals surface area contributed by atoms with Gasteiger partial charge in [-0.25, -0.2) is 4.98 Å². The second-order valence-electron chi connectivity index (χ2n) is 16.5. The van der Waals surface area contributed by atoms with Gasteiger partial charge in [-0.3, -0.25) is 13.7 Å². The SMILES string of the molecule is Cc1cccc2c1[n+](-c1c(-c3ccccc3)cccc1-c1ccccc1)[c-]n2-c1cccc(Oc2ccc3c4cc(-c5ccccc5)ccc4n(-c4cc(C(C)C)ccn4)c3c2)c1. The van der Waals surface area contributed by atoms with Crippen LogP contribution in [-0.4, -0.2) is 14.1 Å². The van der Waals surface area contributed by atoms with Crippen LogP contribution < -0.4 is 9.30 Å². The third kappa shape index (κ3) is 6.84. The Hall–Kier alpha value is -8.02. The monoisotopic (exact) mass is 812 g/mol. The normalized spacial score (nSPS) is 11.6. The first kappa shape index (κ1) is 37.9. The van der Waals surface area contributed by atoms with Crippen LogP contribution in [0.5, 0.6) is 11.5 Å². The summed E-state index contributed by atoms with van der Waals surface area (Å²) < 4.78 is 13.5. The number of rotatable bonds is 9. The summed E-state index contributed by atoms with van der Waals surface area (Å²) in [5.74, 6) is 2.72. The van der Waals surface area contributed by atoms with Crippen LogP contribution >= 0.6 is 0 Å². The van der Waals surface area contributed by atoms with Crippen LogP contribution in [-0.2, 0) is 0 Å². The molecule has 0 saturated carbocycles. The zero-order valence-corrected chi connectivity index (χ0v) is 35.4. The van der Waals surface area contributed by atoms with E-state index in [4.69, 9.17) is 9.72 Å². The smallest absolute Gasteiger partial charge is 0.269 e. The highest BCUT2D eigenvalue weighted by Gasteiger charge is 2.21. The number of benzene rings is 8. The average molecular weight is 813 g/mol. The van der Waals surface area contributed by atoms with Crippen molar-refractivity contribution in [3.05, 3.63) is 224 Å². The minimum atomic E-state index is 0.369. The summed E-state index contributed by atoms with van der Waals surface area (Å²) in [6.07, 6.45) is 5.75. The summed E-state index contributed by atoms with van der Waals surface area (Å²) >= 11 is 0. The molecule has 0 bridgehead atoms. The highest BCUT2D eigenvalue weighted by atomic mass is 16.5. The van der Waals surface area contributed by atoms with Crippen molar-refractivity contribution in [3.63, 3.8) is 0 Å². The molecule has 0 spiro atoms. The molecule has 0 aliphatic heterocycles. The fourth-order valence-electron chi connectivity index (χ4n) is 9.02. The zero-order valence-electron chi connectivity index (χ0n) is 35.4. The van der Waals surface area contributed by atoms with Crippen molar-refractivity contribution in [1.82, 2.24) is 14.1 Å². The number of aryl methyl sites for hydroxylation is 1. The lowest BCUT2D eigenvalue weighted by Crippen LogP contribution is -2.32. The van der Waals surface area contributed by atoms with Gasteiger partial charge in [0.05, 0.1) is 33.4 Å². The third-order valence-electron chi connectivity index (χ3n) is 12.1. The maximum absolute atomic E-state index is 6.80. The van der Waals surface area contributed by atoms with Gasteiger partial charge in [0.1, 0.15) is 17.3 Å². The molecule has 0 N–H and O–H groups in total. The maximum Gasteiger partial charge on any atom is 0.269 e. The van der Waals surface area contributed by atoms with E-state index in [0.717, 1.165) is 84.0 Å². The molecule has 11 aromatic rings.